The molecule has 0 fully saturated rings. The Kier molecular flexibility index (Phi) is 2.76. The number of aryl methyl sites for hydroxylation is 1. The van der Waals surface area contributed by atoms with Crippen molar-refractivity contribution in [1.82, 2.24) is 4.98 Å². The van der Waals surface area contributed by atoms with E-state index in [0.717, 1.165) is 0 Å². The second kappa shape index (κ2) is 4.44. The second-order valence-electron chi connectivity index (χ2n) is 3.98. The number of carbonyl (C=O) groups is 1. The number of oxazole rings is 1. The highest BCUT2D eigenvalue weighted by molar-refractivity contribution is 6.32. The normalized spacial score (nSPS) is 10.8. The molecular weight excluding hydrogens is 268 g/mol. The molecule has 0 saturated carbocycles. The molecule has 96 valence electrons. The fourth-order valence-corrected chi connectivity index (χ4v) is 1.97. The molecule has 3 aromatic rings. The van der Waals surface area contributed by atoms with E-state index in [1.807, 2.05) is 0 Å². The maximum atomic E-state index is 11.9. The molecular formula is C13H9ClN2O3. The van der Waals surface area contributed by atoms with Crippen LogP contribution in [0.25, 0.3) is 11.1 Å². The number of furan rings is 1. The summed E-state index contributed by atoms with van der Waals surface area (Å²) >= 11 is 5.74. The molecule has 0 aliphatic carbocycles. The number of aromatic nitrogens is 1. The molecule has 1 N–H and O–H groups in total. The molecule has 0 atom stereocenters. The smallest absolute Gasteiger partial charge is 0.260 e. The van der Waals surface area contributed by atoms with Gasteiger partial charge in [0, 0.05) is 12.6 Å². The molecule has 0 saturated heterocycles. The SMILES string of the molecule is Cc1nc2cc(NC(=O)c3ccoc3Cl)ccc2o1. The van der Waals surface area contributed by atoms with Gasteiger partial charge in [0.25, 0.3) is 5.91 Å². The zero-order valence-corrected chi connectivity index (χ0v) is 10.7. The predicted molar refractivity (Wildman–Crippen MR) is 70.4 cm³/mol. The minimum Gasteiger partial charge on any atom is -0.452 e. The lowest BCUT2D eigenvalue weighted by molar-refractivity contribution is 0.102. The molecule has 3 rings (SSSR count). The lowest BCUT2D eigenvalue weighted by atomic mass is 10.2. The van der Waals surface area contributed by atoms with Crippen LogP contribution in [0.2, 0.25) is 5.22 Å². The van der Waals surface area contributed by atoms with Crippen molar-refractivity contribution in [1.29, 1.82) is 0 Å². The van der Waals surface area contributed by atoms with Crippen LogP contribution >= 0.6 is 11.6 Å². The number of hydrogen-bond donors (Lipinski definition) is 1. The van der Waals surface area contributed by atoms with E-state index < -0.39 is 0 Å². The van der Waals surface area contributed by atoms with E-state index in [1.54, 1.807) is 25.1 Å². The number of amides is 1. The molecule has 2 aromatic heterocycles. The van der Waals surface area contributed by atoms with E-state index in [2.05, 4.69) is 10.3 Å². The third-order valence-electron chi connectivity index (χ3n) is 2.61. The number of anilines is 1. The Hall–Kier alpha value is -2.27. The summed E-state index contributed by atoms with van der Waals surface area (Å²) in [6, 6.07) is 6.73. The van der Waals surface area contributed by atoms with Gasteiger partial charge < -0.3 is 14.2 Å². The van der Waals surface area contributed by atoms with Gasteiger partial charge in [-0.2, -0.15) is 0 Å². The highest BCUT2D eigenvalue weighted by Crippen LogP contribution is 2.22. The van der Waals surface area contributed by atoms with Gasteiger partial charge >= 0.3 is 0 Å². The van der Waals surface area contributed by atoms with Crippen LogP contribution < -0.4 is 5.32 Å². The molecule has 19 heavy (non-hydrogen) atoms. The third kappa shape index (κ3) is 2.20. The first-order chi connectivity index (χ1) is 9.13. The fourth-order valence-electron chi connectivity index (χ4n) is 1.77. The quantitative estimate of drug-likeness (QED) is 0.776. The topological polar surface area (TPSA) is 68.3 Å². The van der Waals surface area contributed by atoms with Crippen molar-refractivity contribution in [2.75, 3.05) is 5.32 Å². The Balaban J connectivity index is 1.89. The Labute approximate surface area is 113 Å². The summed E-state index contributed by atoms with van der Waals surface area (Å²) in [5.74, 6) is 0.245. The minimum atomic E-state index is -0.335. The van der Waals surface area contributed by atoms with Crippen LogP contribution in [-0.4, -0.2) is 10.9 Å². The maximum absolute atomic E-state index is 11.9. The van der Waals surface area contributed by atoms with E-state index in [4.69, 9.17) is 20.4 Å². The number of rotatable bonds is 2. The highest BCUT2D eigenvalue weighted by Gasteiger charge is 2.13. The highest BCUT2D eigenvalue weighted by atomic mass is 35.5. The Bertz CT molecular complexity index is 760. The lowest BCUT2D eigenvalue weighted by Crippen LogP contribution is -2.11. The molecule has 0 radical (unpaired) electrons. The van der Waals surface area contributed by atoms with Gasteiger partial charge in [-0.1, -0.05) is 0 Å². The Morgan fingerprint density at radius 2 is 2.21 bits per heavy atom. The Morgan fingerprint density at radius 3 is 2.95 bits per heavy atom. The average molecular weight is 277 g/mol. The molecule has 6 heteroatoms. The molecule has 1 aromatic carbocycles. The number of benzene rings is 1. The van der Waals surface area contributed by atoms with Crippen molar-refractivity contribution in [3.8, 4) is 0 Å². The molecule has 5 nitrogen and oxygen atoms in total. The van der Waals surface area contributed by atoms with Crippen molar-refractivity contribution in [2.45, 2.75) is 6.92 Å². The van der Waals surface area contributed by atoms with Crippen LogP contribution in [-0.2, 0) is 0 Å². The molecule has 0 aliphatic heterocycles. The first-order valence-corrected chi connectivity index (χ1v) is 5.93. The molecule has 0 bridgehead atoms. The lowest BCUT2D eigenvalue weighted by Gasteiger charge is -2.03. The van der Waals surface area contributed by atoms with Crippen molar-refractivity contribution in [3.05, 3.63) is 47.2 Å². The number of carbonyl (C=O) groups excluding carboxylic acids is 1. The summed E-state index contributed by atoms with van der Waals surface area (Å²) in [4.78, 5) is 16.1. The summed E-state index contributed by atoms with van der Waals surface area (Å²) in [5.41, 5.74) is 2.27. The minimum absolute atomic E-state index is 0.0656. The van der Waals surface area contributed by atoms with Crippen LogP contribution in [0, 0.1) is 6.92 Å². The largest absolute Gasteiger partial charge is 0.452 e. The zero-order valence-electron chi connectivity index (χ0n) is 9.94. The second-order valence-corrected chi connectivity index (χ2v) is 4.32. The van der Waals surface area contributed by atoms with Gasteiger partial charge in [-0.25, -0.2) is 4.98 Å². The van der Waals surface area contributed by atoms with Crippen LogP contribution in [0.3, 0.4) is 0 Å². The number of nitrogens with zero attached hydrogens (tertiary/aromatic N) is 1. The molecule has 0 spiro atoms. The van der Waals surface area contributed by atoms with Crippen LogP contribution in [0.5, 0.6) is 0 Å². The van der Waals surface area contributed by atoms with E-state index in [9.17, 15) is 4.79 Å². The molecule has 0 unspecified atom stereocenters. The van der Waals surface area contributed by atoms with Crippen LogP contribution in [0.1, 0.15) is 16.2 Å². The molecule has 0 aliphatic rings. The summed E-state index contributed by atoms with van der Waals surface area (Å²) < 4.78 is 10.2. The van der Waals surface area contributed by atoms with Gasteiger partial charge in [-0.3, -0.25) is 4.79 Å². The summed E-state index contributed by atoms with van der Waals surface area (Å²) in [5, 5.41) is 2.79. The Morgan fingerprint density at radius 1 is 1.37 bits per heavy atom. The van der Waals surface area contributed by atoms with Crippen LogP contribution in [0.15, 0.2) is 39.4 Å². The van der Waals surface area contributed by atoms with Gasteiger partial charge in [0.15, 0.2) is 11.5 Å². The zero-order chi connectivity index (χ0) is 13.4. The standard InChI is InChI=1S/C13H9ClN2O3/c1-7-15-10-6-8(2-3-11(10)19-7)16-13(17)9-4-5-18-12(9)14/h2-6H,1H3,(H,16,17). The number of halogens is 1. The number of nitrogens with one attached hydrogen (secondary N) is 1. The van der Waals surface area contributed by atoms with Crippen molar-refractivity contribution in [3.63, 3.8) is 0 Å². The van der Waals surface area contributed by atoms with Crippen LogP contribution in [0.4, 0.5) is 5.69 Å². The van der Waals surface area contributed by atoms with E-state index in [-0.39, 0.29) is 16.7 Å². The van der Waals surface area contributed by atoms with Gasteiger partial charge in [-0.05, 0) is 35.9 Å². The van der Waals surface area contributed by atoms with Gasteiger partial charge in [0.1, 0.15) is 5.52 Å². The first kappa shape index (κ1) is 11.8. The van der Waals surface area contributed by atoms with E-state index >= 15 is 0 Å². The summed E-state index contributed by atoms with van der Waals surface area (Å²) in [6.45, 7) is 1.77. The van der Waals surface area contributed by atoms with Crippen molar-refractivity contribution >= 4 is 34.3 Å². The summed E-state index contributed by atoms with van der Waals surface area (Å²) in [7, 11) is 0. The van der Waals surface area contributed by atoms with Gasteiger partial charge in [0.05, 0.1) is 11.8 Å². The van der Waals surface area contributed by atoms with E-state index in [0.29, 0.717) is 22.7 Å². The van der Waals surface area contributed by atoms with Crippen molar-refractivity contribution < 1.29 is 13.6 Å². The monoisotopic (exact) mass is 276 g/mol. The molecule has 2 heterocycles. The fraction of sp³-hybridized carbons (Fsp3) is 0.0769. The average Bonchev–Trinajstić information content (AvgIpc) is 2.93. The predicted octanol–water partition coefficient (Wildman–Crippen LogP) is 3.63. The molecule has 1 amide bonds. The van der Waals surface area contributed by atoms with E-state index in [1.165, 1.54) is 12.3 Å². The first-order valence-electron chi connectivity index (χ1n) is 5.55. The third-order valence-corrected chi connectivity index (χ3v) is 2.91. The van der Waals surface area contributed by atoms with Gasteiger partial charge in [0.2, 0.25) is 5.22 Å². The number of hydrogen-bond acceptors (Lipinski definition) is 4. The number of fused-ring (bicyclic) bond motifs is 1. The van der Waals surface area contributed by atoms with Crippen molar-refractivity contribution in [2.24, 2.45) is 0 Å². The summed E-state index contributed by atoms with van der Waals surface area (Å²) in [6.07, 6.45) is 1.36. The maximum Gasteiger partial charge on any atom is 0.260 e. The van der Waals surface area contributed by atoms with Gasteiger partial charge in [-0.15, -0.1) is 0 Å².